The van der Waals surface area contributed by atoms with Gasteiger partial charge in [-0.2, -0.15) is 0 Å². The molecule has 6 heteroatoms. The van der Waals surface area contributed by atoms with Crippen LogP contribution in [-0.2, 0) is 15.1 Å². The number of carbonyl (C=O) groups excluding carboxylic acids is 3. The predicted octanol–water partition coefficient (Wildman–Crippen LogP) is 1.58. The molecule has 0 bridgehead atoms. The Labute approximate surface area is 139 Å². The molecule has 0 aromatic heterocycles. The number of urea groups is 1. The van der Waals surface area contributed by atoms with Gasteiger partial charge in [0.05, 0.1) is 0 Å². The van der Waals surface area contributed by atoms with E-state index in [9.17, 15) is 14.4 Å². The number of hydrogen-bond donors (Lipinski definition) is 2. The number of nitrogens with zero attached hydrogens (tertiary/aromatic N) is 1. The Kier molecular flexibility index (Phi) is 4.04. The number of imide groups is 1. The summed E-state index contributed by atoms with van der Waals surface area (Å²) in [5.41, 5.74) is 0.0395. The van der Waals surface area contributed by atoms with E-state index >= 15 is 0 Å². The van der Waals surface area contributed by atoms with Crippen LogP contribution in [0.4, 0.5) is 4.79 Å². The van der Waals surface area contributed by atoms with Gasteiger partial charge < -0.3 is 10.6 Å². The van der Waals surface area contributed by atoms with Crippen LogP contribution in [0.5, 0.6) is 0 Å². The monoisotopic (exact) mass is 323 g/mol. The van der Waals surface area contributed by atoms with Crippen molar-refractivity contribution in [2.75, 3.05) is 6.67 Å². The Hall–Kier alpha value is -3.15. The molecule has 0 saturated carbocycles. The van der Waals surface area contributed by atoms with E-state index in [1.165, 1.54) is 6.92 Å². The van der Waals surface area contributed by atoms with Crippen molar-refractivity contribution < 1.29 is 14.4 Å². The van der Waals surface area contributed by atoms with Crippen LogP contribution >= 0.6 is 0 Å². The van der Waals surface area contributed by atoms with Crippen LogP contribution in [0.3, 0.4) is 0 Å². The summed E-state index contributed by atoms with van der Waals surface area (Å²) in [5.74, 6) is -0.730. The molecular weight excluding hydrogens is 306 g/mol. The molecular formula is C18H17N3O3. The molecule has 0 unspecified atom stereocenters. The summed E-state index contributed by atoms with van der Waals surface area (Å²) in [7, 11) is 0. The first kappa shape index (κ1) is 15.7. The van der Waals surface area contributed by atoms with Crippen molar-refractivity contribution >= 4 is 17.8 Å². The van der Waals surface area contributed by atoms with Gasteiger partial charge in [-0.3, -0.25) is 9.59 Å². The minimum atomic E-state index is -1.29. The average Bonchev–Trinajstić information content (AvgIpc) is 2.86. The van der Waals surface area contributed by atoms with Gasteiger partial charge in [-0.05, 0) is 11.1 Å². The maximum absolute atomic E-state index is 13.1. The van der Waals surface area contributed by atoms with Gasteiger partial charge in [0.25, 0.3) is 5.91 Å². The molecule has 2 aromatic carbocycles. The van der Waals surface area contributed by atoms with Crippen LogP contribution in [0.1, 0.15) is 18.1 Å². The van der Waals surface area contributed by atoms with Crippen molar-refractivity contribution in [1.29, 1.82) is 0 Å². The standard InChI is InChI=1S/C18H17N3O3/c1-13(22)19-12-21-16(23)18(20-17(21)24,14-8-4-2-5-9-14)15-10-6-3-7-11-15/h2-11H,12H2,1H3,(H,19,22)(H,20,24). The van der Waals surface area contributed by atoms with Crippen molar-refractivity contribution in [3.05, 3.63) is 71.8 Å². The zero-order valence-corrected chi connectivity index (χ0v) is 13.2. The minimum absolute atomic E-state index is 0.165. The molecule has 0 spiro atoms. The number of hydrogen-bond acceptors (Lipinski definition) is 3. The minimum Gasteiger partial charge on any atom is -0.338 e. The summed E-state index contributed by atoms with van der Waals surface area (Å²) < 4.78 is 0. The molecule has 1 aliphatic heterocycles. The highest BCUT2D eigenvalue weighted by atomic mass is 16.2. The highest BCUT2D eigenvalue weighted by Crippen LogP contribution is 2.35. The van der Waals surface area contributed by atoms with E-state index in [-0.39, 0.29) is 12.6 Å². The molecule has 3 rings (SSSR count). The van der Waals surface area contributed by atoms with E-state index in [1.807, 2.05) is 36.4 Å². The summed E-state index contributed by atoms with van der Waals surface area (Å²) in [5, 5.41) is 5.30. The van der Waals surface area contributed by atoms with Crippen molar-refractivity contribution in [2.45, 2.75) is 12.5 Å². The fourth-order valence-corrected chi connectivity index (χ4v) is 2.84. The Morgan fingerprint density at radius 1 is 1.00 bits per heavy atom. The van der Waals surface area contributed by atoms with Crippen LogP contribution in [0.25, 0.3) is 0 Å². The van der Waals surface area contributed by atoms with Gasteiger partial charge in [0.1, 0.15) is 6.67 Å². The lowest BCUT2D eigenvalue weighted by molar-refractivity contribution is -0.131. The first-order valence-electron chi connectivity index (χ1n) is 7.55. The van der Waals surface area contributed by atoms with Crippen molar-refractivity contribution in [3.63, 3.8) is 0 Å². The van der Waals surface area contributed by atoms with Gasteiger partial charge in [0.2, 0.25) is 5.91 Å². The molecule has 1 aliphatic rings. The van der Waals surface area contributed by atoms with Gasteiger partial charge in [-0.1, -0.05) is 60.7 Å². The Balaban J connectivity index is 2.09. The zero-order chi connectivity index (χ0) is 17.2. The van der Waals surface area contributed by atoms with Crippen LogP contribution in [0, 0.1) is 0 Å². The maximum Gasteiger partial charge on any atom is 0.327 e. The second-order valence-electron chi connectivity index (χ2n) is 5.54. The zero-order valence-electron chi connectivity index (χ0n) is 13.2. The largest absolute Gasteiger partial charge is 0.338 e. The molecule has 122 valence electrons. The molecule has 6 nitrogen and oxygen atoms in total. The molecule has 0 aliphatic carbocycles. The van der Waals surface area contributed by atoms with E-state index in [2.05, 4.69) is 10.6 Å². The van der Waals surface area contributed by atoms with Crippen molar-refractivity contribution in [3.8, 4) is 0 Å². The van der Waals surface area contributed by atoms with Crippen LogP contribution in [-0.4, -0.2) is 29.4 Å². The normalized spacial score (nSPS) is 16.0. The second-order valence-corrected chi connectivity index (χ2v) is 5.54. The molecule has 1 fully saturated rings. The summed E-state index contributed by atoms with van der Waals surface area (Å²) in [6, 6.07) is 17.6. The quantitative estimate of drug-likeness (QED) is 0.839. The summed E-state index contributed by atoms with van der Waals surface area (Å²) >= 11 is 0. The third-order valence-electron chi connectivity index (χ3n) is 4.01. The number of amides is 4. The molecule has 2 N–H and O–H groups in total. The summed E-state index contributed by atoms with van der Waals surface area (Å²) in [6.07, 6.45) is 0. The molecule has 4 amide bonds. The number of rotatable bonds is 4. The average molecular weight is 323 g/mol. The lowest BCUT2D eigenvalue weighted by atomic mass is 9.83. The second kappa shape index (κ2) is 6.16. The third-order valence-corrected chi connectivity index (χ3v) is 4.01. The Bertz CT molecular complexity index is 735. The van der Waals surface area contributed by atoms with E-state index in [1.54, 1.807) is 24.3 Å². The lowest BCUT2D eigenvalue weighted by Crippen LogP contribution is -2.46. The Morgan fingerprint density at radius 3 is 1.96 bits per heavy atom. The molecule has 0 radical (unpaired) electrons. The van der Waals surface area contributed by atoms with Crippen molar-refractivity contribution in [1.82, 2.24) is 15.5 Å². The van der Waals surface area contributed by atoms with Crippen LogP contribution in [0.15, 0.2) is 60.7 Å². The first-order valence-corrected chi connectivity index (χ1v) is 7.55. The van der Waals surface area contributed by atoms with E-state index < -0.39 is 17.5 Å². The predicted molar refractivity (Wildman–Crippen MR) is 87.7 cm³/mol. The molecule has 1 heterocycles. The highest BCUT2D eigenvalue weighted by Gasteiger charge is 2.53. The van der Waals surface area contributed by atoms with Gasteiger partial charge in [-0.25, -0.2) is 9.69 Å². The molecule has 24 heavy (non-hydrogen) atoms. The number of nitrogens with one attached hydrogen (secondary N) is 2. The van der Waals surface area contributed by atoms with E-state index in [0.29, 0.717) is 11.1 Å². The summed E-state index contributed by atoms with van der Waals surface area (Å²) in [6.45, 7) is 1.17. The fourth-order valence-electron chi connectivity index (χ4n) is 2.84. The number of carbonyl (C=O) groups is 3. The van der Waals surface area contributed by atoms with Gasteiger partial charge in [0.15, 0.2) is 5.54 Å². The van der Waals surface area contributed by atoms with Gasteiger partial charge >= 0.3 is 6.03 Å². The Morgan fingerprint density at radius 2 is 1.50 bits per heavy atom. The molecule has 2 aromatic rings. The molecule has 1 saturated heterocycles. The topological polar surface area (TPSA) is 78.5 Å². The summed E-state index contributed by atoms with van der Waals surface area (Å²) in [4.78, 5) is 37.7. The molecule has 0 atom stereocenters. The highest BCUT2D eigenvalue weighted by molar-refractivity contribution is 6.09. The lowest BCUT2D eigenvalue weighted by Gasteiger charge is -2.28. The smallest absolute Gasteiger partial charge is 0.327 e. The van der Waals surface area contributed by atoms with E-state index in [0.717, 1.165) is 4.90 Å². The van der Waals surface area contributed by atoms with E-state index in [4.69, 9.17) is 0 Å². The maximum atomic E-state index is 13.1. The number of benzene rings is 2. The van der Waals surface area contributed by atoms with Crippen LogP contribution in [0.2, 0.25) is 0 Å². The van der Waals surface area contributed by atoms with Gasteiger partial charge in [0, 0.05) is 6.92 Å². The fraction of sp³-hybridized carbons (Fsp3) is 0.167. The third kappa shape index (κ3) is 2.52. The van der Waals surface area contributed by atoms with Crippen molar-refractivity contribution in [2.24, 2.45) is 0 Å². The van der Waals surface area contributed by atoms with Gasteiger partial charge in [-0.15, -0.1) is 0 Å². The first-order chi connectivity index (χ1) is 11.6. The van der Waals surface area contributed by atoms with Crippen LogP contribution < -0.4 is 10.6 Å². The SMILES string of the molecule is CC(=O)NCN1C(=O)NC(c2ccccc2)(c2ccccc2)C1=O.